The maximum atomic E-state index is 5.32. The summed E-state index contributed by atoms with van der Waals surface area (Å²) in [6.45, 7) is 5.29. The van der Waals surface area contributed by atoms with Crippen LogP contribution in [0.4, 0.5) is 0 Å². The molecule has 2 aromatic heterocycles. The highest BCUT2D eigenvalue weighted by molar-refractivity contribution is 5.79. The molecule has 0 spiro atoms. The topological polar surface area (TPSA) is 100 Å². The highest BCUT2D eigenvalue weighted by Gasteiger charge is 2.36. The van der Waals surface area contributed by atoms with Crippen molar-refractivity contribution in [1.82, 2.24) is 25.8 Å². The number of H-pyrrole nitrogens is 1. The first-order chi connectivity index (χ1) is 13.2. The van der Waals surface area contributed by atoms with Crippen molar-refractivity contribution in [2.24, 2.45) is 10.4 Å². The third-order valence-electron chi connectivity index (χ3n) is 5.10. The lowest BCUT2D eigenvalue weighted by molar-refractivity contribution is 0.0778. The van der Waals surface area contributed by atoms with Gasteiger partial charge in [0.25, 0.3) is 0 Å². The van der Waals surface area contributed by atoms with Gasteiger partial charge in [0, 0.05) is 39.8 Å². The second kappa shape index (κ2) is 9.55. The van der Waals surface area contributed by atoms with Crippen LogP contribution in [0.2, 0.25) is 0 Å². The van der Waals surface area contributed by atoms with Crippen LogP contribution in [0.25, 0.3) is 11.6 Å². The van der Waals surface area contributed by atoms with Crippen LogP contribution in [-0.4, -0.2) is 54.5 Å². The number of nitrogens with one attached hydrogen (secondary N) is 3. The minimum Gasteiger partial charge on any atom is -0.461 e. The van der Waals surface area contributed by atoms with Gasteiger partial charge in [-0.25, -0.2) is 4.98 Å². The van der Waals surface area contributed by atoms with Crippen LogP contribution in [-0.2, 0) is 11.2 Å². The van der Waals surface area contributed by atoms with Gasteiger partial charge in [0.05, 0.1) is 6.26 Å². The standard InChI is InChI=1S/C19H30N6O2/c1-3-20-18(22-14-19(8-5-9-19)10-13-26-2)21-11-7-16-23-17(25-24-16)15-6-4-12-27-15/h4,6,12H,3,5,7-11,13-14H2,1-2H3,(H2,20,21,22)(H,23,24,25). The molecule has 0 amide bonds. The average molecular weight is 374 g/mol. The minimum absolute atomic E-state index is 0.321. The molecule has 1 saturated carbocycles. The molecule has 3 rings (SSSR count). The van der Waals surface area contributed by atoms with Gasteiger partial charge in [-0.2, -0.15) is 5.10 Å². The molecule has 148 valence electrons. The number of methoxy groups -OCH3 is 1. The van der Waals surface area contributed by atoms with Crippen LogP contribution in [0.15, 0.2) is 27.8 Å². The van der Waals surface area contributed by atoms with Crippen LogP contribution in [0.3, 0.4) is 0 Å². The highest BCUT2D eigenvalue weighted by Crippen LogP contribution is 2.44. The summed E-state index contributed by atoms with van der Waals surface area (Å²) < 4.78 is 10.6. The lowest BCUT2D eigenvalue weighted by Gasteiger charge is -2.40. The Morgan fingerprint density at radius 1 is 1.41 bits per heavy atom. The Labute approximate surface area is 160 Å². The number of aromatic nitrogens is 3. The van der Waals surface area contributed by atoms with Crippen LogP contribution in [0.1, 0.15) is 38.4 Å². The molecule has 8 heteroatoms. The number of furan rings is 1. The van der Waals surface area contributed by atoms with E-state index in [0.29, 0.717) is 17.0 Å². The molecule has 0 saturated heterocycles. The largest absolute Gasteiger partial charge is 0.461 e. The molecule has 0 aromatic carbocycles. The van der Waals surface area contributed by atoms with Crippen molar-refractivity contribution in [3.63, 3.8) is 0 Å². The van der Waals surface area contributed by atoms with Gasteiger partial charge in [0.2, 0.25) is 5.82 Å². The first-order valence-electron chi connectivity index (χ1n) is 9.71. The van der Waals surface area contributed by atoms with Crippen LogP contribution in [0.5, 0.6) is 0 Å². The molecule has 1 aliphatic rings. The summed E-state index contributed by atoms with van der Waals surface area (Å²) in [6.07, 6.45) is 7.22. The van der Waals surface area contributed by atoms with E-state index in [0.717, 1.165) is 50.9 Å². The van der Waals surface area contributed by atoms with Crippen molar-refractivity contribution in [1.29, 1.82) is 0 Å². The molecule has 0 bridgehead atoms. The SMILES string of the molecule is CCNC(=NCC1(CCOC)CCC1)NCCc1nc(-c2ccco2)n[nH]1. The Bertz CT molecular complexity index is 706. The summed E-state index contributed by atoms with van der Waals surface area (Å²) in [6, 6.07) is 3.68. The van der Waals surface area contributed by atoms with Gasteiger partial charge in [-0.1, -0.05) is 6.42 Å². The van der Waals surface area contributed by atoms with Crippen LogP contribution < -0.4 is 10.6 Å². The van der Waals surface area contributed by atoms with Gasteiger partial charge < -0.3 is 19.8 Å². The molecule has 3 N–H and O–H groups in total. The maximum absolute atomic E-state index is 5.32. The van der Waals surface area contributed by atoms with Gasteiger partial charge >= 0.3 is 0 Å². The number of hydrogen-bond donors (Lipinski definition) is 3. The molecule has 8 nitrogen and oxygen atoms in total. The molecule has 27 heavy (non-hydrogen) atoms. The number of aliphatic imine (C=N–C) groups is 1. The van der Waals surface area contributed by atoms with E-state index in [1.54, 1.807) is 13.4 Å². The fourth-order valence-corrected chi connectivity index (χ4v) is 3.29. The van der Waals surface area contributed by atoms with E-state index in [4.69, 9.17) is 14.1 Å². The van der Waals surface area contributed by atoms with E-state index < -0.39 is 0 Å². The van der Waals surface area contributed by atoms with Gasteiger partial charge in [0.1, 0.15) is 5.82 Å². The van der Waals surface area contributed by atoms with E-state index in [-0.39, 0.29) is 0 Å². The number of rotatable bonds is 10. The summed E-state index contributed by atoms with van der Waals surface area (Å²) >= 11 is 0. The molecule has 2 aromatic rings. The fraction of sp³-hybridized carbons (Fsp3) is 0.632. The lowest BCUT2D eigenvalue weighted by Crippen LogP contribution is -2.41. The normalized spacial score (nSPS) is 16.1. The Morgan fingerprint density at radius 3 is 2.96 bits per heavy atom. The minimum atomic E-state index is 0.321. The van der Waals surface area contributed by atoms with E-state index >= 15 is 0 Å². The second-order valence-corrected chi connectivity index (χ2v) is 7.05. The number of aromatic amines is 1. The van der Waals surface area contributed by atoms with Crippen molar-refractivity contribution < 1.29 is 9.15 Å². The molecule has 2 heterocycles. The first kappa shape index (κ1) is 19.4. The van der Waals surface area contributed by atoms with Crippen molar-refractivity contribution in [2.45, 2.75) is 39.0 Å². The molecule has 0 radical (unpaired) electrons. The third-order valence-corrected chi connectivity index (χ3v) is 5.10. The predicted molar refractivity (Wildman–Crippen MR) is 105 cm³/mol. The zero-order chi connectivity index (χ0) is 19.0. The number of ether oxygens (including phenoxy) is 1. The van der Waals surface area contributed by atoms with Crippen LogP contribution in [0, 0.1) is 5.41 Å². The monoisotopic (exact) mass is 374 g/mol. The Balaban J connectivity index is 1.49. The Hall–Kier alpha value is -2.35. The fourth-order valence-electron chi connectivity index (χ4n) is 3.29. The van der Waals surface area contributed by atoms with Crippen molar-refractivity contribution in [2.75, 3.05) is 33.4 Å². The van der Waals surface area contributed by atoms with Crippen molar-refractivity contribution >= 4 is 5.96 Å². The number of hydrogen-bond acceptors (Lipinski definition) is 5. The molecular formula is C19H30N6O2. The van der Waals surface area contributed by atoms with Gasteiger partial charge in [-0.05, 0) is 43.7 Å². The average Bonchev–Trinajstić information content (AvgIpc) is 3.32. The van der Waals surface area contributed by atoms with E-state index in [1.165, 1.54) is 19.3 Å². The Kier molecular flexibility index (Phi) is 6.86. The van der Waals surface area contributed by atoms with Crippen molar-refractivity contribution in [3.8, 4) is 11.6 Å². The second-order valence-electron chi connectivity index (χ2n) is 7.05. The summed E-state index contributed by atoms with van der Waals surface area (Å²) in [5, 5.41) is 13.9. The molecule has 1 fully saturated rings. The van der Waals surface area contributed by atoms with E-state index in [9.17, 15) is 0 Å². The molecule has 0 unspecified atom stereocenters. The van der Waals surface area contributed by atoms with Crippen molar-refractivity contribution in [3.05, 3.63) is 24.2 Å². The number of nitrogens with zero attached hydrogens (tertiary/aromatic N) is 3. The van der Waals surface area contributed by atoms with E-state index in [1.807, 2.05) is 12.1 Å². The first-order valence-corrected chi connectivity index (χ1v) is 9.71. The summed E-state index contributed by atoms with van der Waals surface area (Å²) in [7, 11) is 1.77. The van der Waals surface area contributed by atoms with Gasteiger partial charge in [0.15, 0.2) is 11.7 Å². The van der Waals surface area contributed by atoms with Crippen LogP contribution >= 0.6 is 0 Å². The number of guanidine groups is 1. The van der Waals surface area contributed by atoms with Gasteiger partial charge in [-0.3, -0.25) is 10.1 Å². The zero-order valence-corrected chi connectivity index (χ0v) is 16.3. The summed E-state index contributed by atoms with van der Waals surface area (Å²) in [5.74, 6) is 2.93. The highest BCUT2D eigenvalue weighted by atomic mass is 16.5. The van der Waals surface area contributed by atoms with E-state index in [2.05, 4.69) is 32.7 Å². The lowest BCUT2D eigenvalue weighted by atomic mass is 9.67. The predicted octanol–water partition coefficient (Wildman–Crippen LogP) is 2.37. The molecule has 0 atom stereocenters. The summed E-state index contributed by atoms with van der Waals surface area (Å²) in [5.41, 5.74) is 0.321. The Morgan fingerprint density at radius 2 is 2.30 bits per heavy atom. The molecular weight excluding hydrogens is 344 g/mol. The molecule has 0 aliphatic heterocycles. The third kappa shape index (κ3) is 5.32. The molecule has 1 aliphatic carbocycles. The smallest absolute Gasteiger partial charge is 0.216 e. The summed E-state index contributed by atoms with van der Waals surface area (Å²) in [4.78, 5) is 9.28. The quantitative estimate of drug-likeness (QED) is 0.436. The zero-order valence-electron chi connectivity index (χ0n) is 16.3. The maximum Gasteiger partial charge on any atom is 0.216 e. The van der Waals surface area contributed by atoms with Gasteiger partial charge in [-0.15, -0.1) is 0 Å².